The second-order valence-electron chi connectivity index (χ2n) is 4.55. The lowest BCUT2D eigenvalue weighted by Crippen LogP contribution is -2.18. The predicted molar refractivity (Wildman–Crippen MR) is 78.9 cm³/mol. The third-order valence-electron chi connectivity index (χ3n) is 2.91. The lowest BCUT2D eigenvalue weighted by Gasteiger charge is -2.09. The second-order valence-corrected chi connectivity index (χ2v) is 6.24. The number of anilines is 1. The van der Waals surface area contributed by atoms with Gasteiger partial charge in [-0.2, -0.15) is 0 Å². The number of pyridine rings is 1. The SMILES string of the molecule is CC(=O)c1ccc(S(=O)(=O)Nc2ccc(=O)n(C)c2)cc1. The summed E-state index contributed by atoms with van der Waals surface area (Å²) >= 11 is 0. The van der Waals surface area contributed by atoms with Gasteiger partial charge < -0.3 is 4.57 Å². The first-order chi connectivity index (χ1) is 9.79. The van der Waals surface area contributed by atoms with Crippen LogP contribution in [0, 0.1) is 0 Å². The van der Waals surface area contributed by atoms with E-state index in [-0.39, 0.29) is 21.9 Å². The highest BCUT2D eigenvalue weighted by atomic mass is 32.2. The lowest BCUT2D eigenvalue weighted by atomic mass is 10.2. The second kappa shape index (κ2) is 5.53. The smallest absolute Gasteiger partial charge is 0.261 e. The Morgan fingerprint density at radius 3 is 2.24 bits per heavy atom. The number of ketones is 1. The van der Waals surface area contributed by atoms with Gasteiger partial charge in [0.15, 0.2) is 5.78 Å². The minimum absolute atomic E-state index is 0.0429. The van der Waals surface area contributed by atoms with E-state index in [4.69, 9.17) is 0 Å². The van der Waals surface area contributed by atoms with Crippen LogP contribution in [0.15, 0.2) is 52.3 Å². The number of aryl methyl sites for hydroxylation is 1. The van der Waals surface area contributed by atoms with Gasteiger partial charge in [0.1, 0.15) is 0 Å². The molecule has 1 heterocycles. The Morgan fingerprint density at radius 1 is 1.10 bits per heavy atom. The number of hydrogen-bond donors (Lipinski definition) is 1. The molecular weight excluding hydrogens is 292 g/mol. The Morgan fingerprint density at radius 2 is 1.71 bits per heavy atom. The number of nitrogens with one attached hydrogen (secondary N) is 1. The largest absolute Gasteiger partial charge is 0.316 e. The first-order valence-electron chi connectivity index (χ1n) is 6.10. The lowest BCUT2D eigenvalue weighted by molar-refractivity contribution is 0.101. The van der Waals surface area contributed by atoms with E-state index in [1.165, 1.54) is 61.1 Å². The van der Waals surface area contributed by atoms with Crippen molar-refractivity contribution in [3.05, 3.63) is 58.5 Å². The Labute approximate surface area is 122 Å². The summed E-state index contributed by atoms with van der Waals surface area (Å²) in [6, 6.07) is 8.30. The van der Waals surface area contributed by atoms with E-state index >= 15 is 0 Å². The molecule has 110 valence electrons. The third-order valence-corrected chi connectivity index (χ3v) is 4.31. The monoisotopic (exact) mass is 306 g/mol. The molecule has 1 N–H and O–H groups in total. The van der Waals surface area contributed by atoms with E-state index in [2.05, 4.69) is 4.72 Å². The Hall–Kier alpha value is -2.41. The number of nitrogens with zero attached hydrogens (tertiary/aromatic N) is 1. The summed E-state index contributed by atoms with van der Waals surface area (Å²) in [6.07, 6.45) is 1.39. The summed E-state index contributed by atoms with van der Waals surface area (Å²) in [6.45, 7) is 1.41. The Kier molecular flexibility index (Phi) is 3.95. The number of Topliss-reactive ketones (excluding diaryl/α,β-unsaturated/α-hetero) is 1. The molecule has 1 aromatic heterocycles. The van der Waals surface area contributed by atoms with Gasteiger partial charge in [-0.05, 0) is 25.1 Å². The van der Waals surface area contributed by atoms with Crippen molar-refractivity contribution in [1.29, 1.82) is 0 Å². The van der Waals surface area contributed by atoms with Crippen molar-refractivity contribution in [2.24, 2.45) is 7.05 Å². The molecule has 0 aliphatic rings. The van der Waals surface area contributed by atoms with Crippen molar-refractivity contribution < 1.29 is 13.2 Å². The minimum atomic E-state index is -3.76. The maximum Gasteiger partial charge on any atom is 0.261 e. The molecule has 0 atom stereocenters. The molecule has 0 aliphatic heterocycles. The molecule has 0 fully saturated rings. The van der Waals surface area contributed by atoms with Crippen molar-refractivity contribution in [2.75, 3.05) is 4.72 Å². The van der Waals surface area contributed by atoms with E-state index in [0.717, 1.165) is 0 Å². The van der Waals surface area contributed by atoms with Crippen LogP contribution in [0.5, 0.6) is 0 Å². The summed E-state index contributed by atoms with van der Waals surface area (Å²) in [4.78, 5) is 22.5. The molecule has 6 nitrogen and oxygen atoms in total. The molecule has 0 bridgehead atoms. The van der Waals surface area contributed by atoms with E-state index in [9.17, 15) is 18.0 Å². The van der Waals surface area contributed by atoms with Gasteiger partial charge >= 0.3 is 0 Å². The molecule has 7 heteroatoms. The van der Waals surface area contributed by atoms with E-state index in [0.29, 0.717) is 5.56 Å². The summed E-state index contributed by atoms with van der Waals surface area (Å²) < 4.78 is 28.0. The molecule has 1 aromatic carbocycles. The Bertz CT molecular complexity index is 836. The number of sulfonamides is 1. The van der Waals surface area contributed by atoms with E-state index < -0.39 is 10.0 Å². The van der Waals surface area contributed by atoms with Crippen LogP contribution in [0.2, 0.25) is 0 Å². The molecule has 21 heavy (non-hydrogen) atoms. The number of hydrogen-bond acceptors (Lipinski definition) is 4. The average Bonchev–Trinajstić information content (AvgIpc) is 2.43. The fourth-order valence-electron chi connectivity index (χ4n) is 1.74. The molecule has 0 spiro atoms. The zero-order valence-electron chi connectivity index (χ0n) is 11.5. The fourth-order valence-corrected chi connectivity index (χ4v) is 2.78. The third kappa shape index (κ3) is 3.38. The van der Waals surface area contributed by atoms with Gasteiger partial charge in [-0.15, -0.1) is 0 Å². The van der Waals surface area contributed by atoms with Crippen LogP contribution in [0.25, 0.3) is 0 Å². The van der Waals surface area contributed by atoms with Gasteiger partial charge in [0.05, 0.1) is 10.6 Å². The van der Waals surface area contributed by atoms with Crippen molar-refractivity contribution in [3.63, 3.8) is 0 Å². The number of carbonyl (C=O) groups is 1. The summed E-state index contributed by atoms with van der Waals surface area (Å²) in [5.41, 5.74) is 0.493. The quantitative estimate of drug-likeness (QED) is 0.865. The molecule has 0 aliphatic carbocycles. The number of rotatable bonds is 4. The van der Waals surface area contributed by atoms with Crippen molar-refractivity contribution in [3.8, 4) is 0 Å². The van der Waals surface area contributed by atoms with E-state index in [1.807, 2.05) is 0 Å². The topological polar surface area (TPSA) is 85.2 Å². The van der Waals surface area contributed by atoms with Crippen LogP contribution < -0.4 is 10.3 Å². The van der Waals surface area contributed by atoms with Crippen LogP contribution in [0.3, 0.4) is 0 Å². The summed E-state index contributed by atoms with van der Waals surface area (Å²) in [5.74, 6) is -0.134. The van der Waals surface area contributed by atoms with Crippen molar-refractivity contribution in [1.82, 2.24) is 4.57 Å². The van der Waals surface area contributed by atoms with Crippen LogP contribution in [0.1, 0.15) is 17.3 Å². The van der Waals surface area contributed by atoms with Crippen molar-refractivity contribution >= 4 is 21.5 Å². The summed E-state index contributed by atoms with van der Waals surface area (Å²) in [5, 5.41) is 0. The average molecular weight is 306 g/mol. The molecule has 0 unspecified atom stereocenters. The zero-order valence-corrected chi connectivity index (χ0v) is 12.3. The van der Waals surface area contributed by atoms with Gasteiger partial charge in [0.2, 0.25) is 5.56 Å². The molecule has 2 aromatic rings. The number of benzene rings is 1. The molecule has 0 saturated carbocycles. The minimum Gasteiger partial charge on any atom is -0.316 e. The molecule has 0 amide bonds. The maximum atomic E-state index is 12.2. The van der Waals surface area contributed by atoms with Crippen LogP contribution in [-0.2, 0) is 17.1 Å². The van der Waals surface area contributed by atoms with Crippen LogP contribution in [-0.4, -0.2) is 18.8 Å². The van der Waals surface area contributed by atoms with E-state index in [1.54, 1.807) is 0 Å². The number of aromatic nitrogens is 1. The first-order valence-corrected chi connectivity index (χ1v) is 7.58. The molecule has 2 rings (SSSR count). The molecule has 0 saturated heterocycles. The normalized spacial score (nSPS) is 11.1. The highest BCUT2D eigenvalue weighted by Crippen LogP contribution is 2.15. The van der Waals surface area contributed by atoms with Gasteiger partial charge in [-0.3, -0.25) is 14.3 Å². The first kappa shape index (κ1) is 15.0. The highest BCUT2D eigenvalue weighted by molar-refractivity contribution is 7.92. The zero-order chi connectivity index (χ0) is 15.6. The van der Waals surface area contributed by atoms with Crippen LogP contribution >= 0.6 is 0 Å². The van der Waals surface area contributed by atoms with Crippen LogP contribution in [0.4, 0.5) is 5.69 Å². The molecular formula is C14H14N2O4S. The van der Waals surface area contributed by atoms with Gasteiger partial charge in [0.25, 0.3) is 10.0 Å². The van der Waals surface area contributed by atoms with Gasteiger partial charge in [0, 0.05) is 24.9 Å². The molecule has 0 radical (unpaired) electrons. The maximum absolute atomic E-state index is 12.2. The van der Waals surface area contributed by atoms with Gasteiger partial charge in [-0.25, -0.2) is 8.42 Å². The highest BCUT2D eigenvalue weighted by Gasteiger charge is 2.14. The predicted octanol–water partition coefficient (Wildman–Crippen LogP) is 1.39. The van der Waals surface area contributed by atoms with Crippen molar-refractivity contribution in [2.45, 2.75) is 11.8 Å². The Balaban J connectivity index is 2.31. The standard InChI is InChI=1S/C14H14N2O4S/c1-10(17)11-3-6-13(7-4-11)21(19,20)15-12-5-8-14(18)16(2)9-12/h3-9,15H,1-2H3. The number of carbonyl (C=O) groups excluding carboxylic acids is 1. The summed E-state index contributed by atoms with van der Waals surface area (Å²) in [7, 11) is -2.23. The fraction of sp³-hybridized carbons (Fsp3) is 0.143. The van der Waals surface area contributed by atoms with Gasteiger partial charge in [-0.1, -0.05) is 12.1 Å².